The molecule has 0 amide bonds. The van der Waals surface area contributed by atoms with Gasteiger partial charge in [-0.25, -0.2) is 15.0 Å². The lowest BCUT2D eigenvalue weighted by molar-refractivity contribution is -0.384. The van der Waals surface area contributed by atoms with Crippen LogP contribution in [0.3, 0.4) is 0 Å². The Balaban J connectivity index is 2.09. The second kappa shape index (κ2) is 5.84. The van der Waals surface area contributed by atoms with E-state index in [-0.39, 0.29) is 17.3 Å². The number of nitrogens with one attached hydrogen (secondary N) is 1. The Bertz CT molecular complexity index is 840. The summed E-state index contributed by atoms with van der Waals surface area (Å²) in [6, 6.07) is 5.82. The van der Waals surface area contributed by atoms with Gasteiger partial charge in [-0.1, -0.05) is 6.07 Å². The van der Waals surface area contributed by atoms with E-state index in [4.69, 9.17) is 0 Å². The fourth-order valence-corrected chi connectivity index (χ4v) is 2.39. The number of nitrogens with zero attached hydrogens (tertiary/aromatic N) is 5. The van der Waals surface area contributed by atoms with E-state index >= 15 is 0 Å². The van der Waals surface area contributed by atoms with Gasteiger partial charge in [0.2, 0.25) is 11.6 Å². The predicted octanol–water partition coefficient (Wildman–Crippen LogP) is 2.93. The van der Waals surface area contributed by atoms with Crippen molar-refractivity contribution in [3.63, 3.8) is 0 Å². The first-order chi connectivity index (χ1) is 11.0. The molecular weight excluding hydrogens is 296 g/mol. The van der Waals surface area contributed by atoms with Crippen LogP contribution in [0.5, 0.6) is 0 Å². The van der Waals surface area contributed by atoms with E-state index in [9.17, 15) is 10.1 Å². The molecule has 1 N–H and O–H groups in total. The molecule has 0 atom stereocenters. The molecular formula is C15H14N6O2. The van der Waals surface area contributed by atoms with Gasteiger partial charge in [-0.15, -0.1) is 0 Å². The smallest absolute Gasteiger partial charge is 0.334 e. The molecule has 0 unspecified atom stereocenters. The van der Waals surface area contributed by atoms with Crippen LogP contribution in [0, 0.1) is 24.0 Å². The summed E-state index contributed by atoms with van der Waals surface area (Å²) in [4.78, 5) is 22.9. The third-order valence-electron chi connectivity index (χ3n) is 3.22. The Kier molecular flexibility index (Phi) is 3.71. The third-order valence-corrected chi connectivity index (χ3v) is 3.22. The minimum absolute atomic E-state index is 0.138. The van der Waals surface area contributed by atoms with Gasteiger partial charge in [-0.3, -0.25) is 14.7 Å². The summed E-state index contributed by atoms with van der Waals surface area (Å²) in [7, 11) is 0. The molecule has 0 spiro atoms. The van der Waals surface area contributed by atoms with Crippen LogP contribution in [0.25, 0.3) is 5.82 Å². The molecule has 23 heavy (non-hydrogen) atoms. The minimum Gasteiger partial charge on any atom is -0.334 e. The van der Waals surface area contributed by atoms with Crippen LogP contribution in [0.15, 0.2) is 43.2 Å². The Labute approximate surface area is 132 Å². The van der Waals surface area contributed by atoms with Crippen molar-refractivity contribution in [1.29, 1.82) is 0 Å². The summed E-state index contributed by atoms with van der Waals surface area (Å²) < 4.78 is 1.48. The van der Waals surface area contributed by atoms with Crippen LogP contribution in [-0.2, 0) is 0 Å². The summed E-state index contributed by atoms with van der Waals surface area (Å²) >= 11 is 0. The highest BCUT2D eigenvalue weighted by molar-refractivity contribution is 5.70. The average molecular weight is 310 g/mol. The van der Waals surface area contributed by atoms with E-state index in [0.29, 0.717) is 0 Å². The number of benzene rings is 1. The number of anilines is 2. The zero-order valence-electron chi connectivity index (χ0n) is 12.6. The quantitative estimate of drug-likeness (QED) is 0.587. The van der Waals surface area contributed by atoms with Gasteiger partial charge in [0.15, 0.2) is 0 Å². The van der Waals surface area contributed by atoms with Crippen LogP contribution in [0.4, 0.5) is 17.2 Å². The van der Waals surface area contributed by atoms with Gasteiger partial charge in [0, 0.05) is 18.1 Å². The summed E-state index contributed by atoms with van der Waals surface area (Å²) in [5.74, 6) is 0.299. The molecule has 2 heterocycles. The number of imidazole rings is 1. The second-order valence-electron chi connectivity index (χ2n) is 5.12. The molecule has 8 nitrogen and oxygen atoms in total. The fourth-order valence-electron chi connectivity index (χ4n) is 2.39. The second-order valence-corrected chi connectivity index (χ2v) is 5.12. The lowest BCUT2D eigenvalue weighted by atomic mass is 10.1. The molecule has 1 aromatic carbocycles. The lowest BCUT2D eigenvalue weighted by Crippen LogP contribution is -2.07. The van der Waals surface area contributed by atoms with Gasteiger partial charge in [-0.05, 0) is 37.1 Å². The Morgan fingerprint density at radius 1 is 1.17 bits per heavy atom. The van der Waals surface area contributed by atoms with E-state index < -0.39 is 4.92 Å². The minimum atomic E-state index is -0.500. The van der Waals surface area contributed by atoms with E-state index in [0.717, 1.165) is 16.8 Å². The van der Waals surface area contributed by atoms with Crippen molar-refractivity contribution in [2.45, 2.75) is 13.8 Å². The fraction of sp³-hybridized carbons (Fsp3) is 0.133. The maximum Gasteiger partial charge on any atom is 0.354 e. The Morgan fingerprint density at radius 3 is 2.52 bits per heavy atom. The van der Waals surface area contributed by atoms with E-state index in [2.05, 4.69) is 20.3 Å². The number of aromatic nitrogens is 4. The van der Waals surface area contributed by atoms with Crippen molar-refractivity contribution in [2.75, 3.05) is 5.32 Å². The highest BCUT2D eigenvalue weighted by atomic mass is 16.6. The van der Waals surface area contributed by atoms with Crippen LogP contribution >= 0.6 is 0 Å². The summed E-state index contributed by atoms with van der Waals surface area (Å²) in [5, 5.41) is 14.5. The summed E-state index contributed by atoms with van der Waals surface area (Å²) in [5.41, 5.74) is 2.64. The summed E-state index contributed by atoms with van der Waals surface area (Å²) in [6.07, 6.45) is 5.86. The van der Waals surface area contributed by atoms with E-state index in [1.54, 1.807) is 6.20 Å². The molecule has 0 aliphatic carbocycles. The molecule has 2 aromatic heterocycles. The molecule has 8 heteroatoms. The zero-order valence-corrected chi connectivity index (χ0v) is 12.6. The molecule has 0 aliphatic heterocycles. The molecule has 0 aliphatic rings. The SMILES string of the molecule is Cc1cc(C)cc(Nc2ncnc(-n3ccnc3)c2[N+](=O)[O-])c1. The van der Waals surface area contributed by atoms with Crippen molar-refractivity contribution in [3.8, 4) is 5.82 Å². The molecule has 0 saturated carbocycles. The maximum atomic E-state index is 11.5. The van der Waals surface area contributed by atoms with Crippen LogP contribution in [-0.4, -0.2) is 24.4 Å². The number of rotatable bonds is 4. The standard InChI is InChI=1S/C15H14N6O2/c1-10-5-11(2)7-12(6-10)19-14-13(21(22)23)15(18-8-17-14)20-4-3-16-9-20/h3-9H,1-2H3,(H,17,18,19). The molecule has 0 radical (unpaired) electrons. The van der Waals surface area contributed by atoms with Crippen molar-refractivity contribution in [2.24, 2.45) is 0 Å². The first-order valence-corrected chi connectivity index (χ1v) is 6.87. The van der Waals surface area contributed by atoms with Gasteiger partial charge in [0.05, 0.1) is 4.92 Å². The molecule has 3 aromatic rings. The number of aryl methyl sites for hydroxylation is 2. The van der Waals surface area contributed by atoms with E-state index in [1.807, 2.05) is 32.0 Å². The van der Waals surface area contributed by atoms with Crippen molar-refractivity contribution in [3.05, 3.63) is 64.5 Å². The lowest BCUT2D eigenvalue weighted by Gasteiger charge is -2.10. The van der Waals surface area contributed by atoms with Crippen molar-refractivity contribution >= 4 is 17.2 Å². The average Bonchev–Trinajstić information content (AvgIpc) is 2.99. The summed E-state index contributed by atoms with van der Waals surface area (Å²) in [6.45, 7) is 3.92. The normalized spacial score (nSPS) is 10.5. The molecule has 0 fully saturated rings. The molecule has 0 bridgehead atoms. The van der Waals surface area contributed by atoms with Crippen LogP contribution in [0.2, 0.25) is 0 Å². The van der Waals surface area contributed by atoms with Crippen LogP contribution in [0.1, 0.15) is 11.1 Å². The number of nitro groups is 1. The first-order valence-electron chi connectivity index (χ1n) is 6.87. The highest BCUT2D eigenvalue weighted by Gasteiger charge is 2.24. The number of hydrogen-bond donors (Lipinski definition) is 1. The van der Waals surface area contributed by atoms with Gasteiger partial charge < -0.3 is 5.32 Å². The van der Waals surface area contributed by atoms with Gasteiger partial charge >= 0.3 is 5.69 Å². The van der Waals surface area contributed by atoms with Crippen LogP contribution < -0.4 is 5.32 Å². The van der Waals surface area contributed by atoms with Gasteiger partial charge in [0.25, 0.3) is 0 Å². The zero-order chi connectivity index (χ0) is 16.4. The molecule has 3 rings (SSSR count). The van der Waals surface area contributed by atoms with Crippen molar-refractivity contribution in [1.82, 2.24) is 19.5 Å². The van der Waals surface area contributed by atoms with Gasteiger partial charge in [0.1, 0.15) is 12.7 Å². The topological polar surface area (TPSA) is 98.8 Å². The number of hydrogen-bond acceptors (Lipinski definition) is 6. The Hall–Kier alpha value is -3.29. The highest BCUT2D eigenvalue weighted by Crippen LogP contribution is 2.30. The monoisotopic (exact) mass is 310 g/mol. The van der Waals surface area contributed by atoms with E-state index in [1.165, 1.54) is 23.4 Å². The first kappa shape index (κ1) is 14.6. The molecule has 0 saturated heterocycles. The predicted molar refractivity (Wildman–Crippen MR) is 85.0 cm³/mol. The Morgan fingerprint density at radius 2 is 1.91 bits per heavy atom. The van der Waals surface area contributed by atoms with Gasteiger partial charge in [-0.2, -0.15) is 0 Å². The molecule has 116 valence electrons. The maximum absolute atomic E-state index is 11.5. The largest absolute Gasteiger partial charge is 0.354 e. The van der Waals surface area contributed by atoms with Crippen molar-refractivity contribution < 1.29 is 4.92 Å². The third kappa shape index (κ3) is 3.00.